The molecule has 0 bridgehead atoms. The van der Waals surface area contributed by atoms with Gasteiger partial charge in [-0.2, -0.15) is 0 Å². The molecule has 1 aromatic heterocycles. The van der Waals surface area contributed by atoms with E-state index in [1.54, 1.807) is 18.1 Å². The summed E-state index contributed by atoms with van der Waals surface area (Å²) >= 11 is 0. The molecule has 1 atom stereocenters. The fourth-order valence-corrected chi connectivity index (χ4v) is 5.69. The number of benzene rings is 1. The van der Waals surface area contributed by atoms with Gasteiger partial charge in [-0.3, -0.25) is 0 Å². The highest BCUT2D eigenvalue weighted by atomic mass is 32.2. The average molecular weight is 559 g/mol. The summed E-state index contributed by atoms with van der Waals surface area (Å²) in [5.41, 5.74) is 3.17. The second kappa shape index (κ2) is 11.3. The molecule has 2 aliphatic heterocycles. The molecule has 39 heavy (non-hydrogen) atoms. The van der Waals surface area contributed by atoms with Crippen LogP contribution in [0.3, 0.4) is 0 Å². The Hall–Kier alpha value is -3.47. The van der Waals surface area contributed by atoms with Gasteiger partial charge >= 0.3 is 6.09 Å². The van der Waals surface area contributed by atoms with Crippen LogP contribution < -0.4 is 19.7 Å². The van der Waals surface area contributed by atoms with Gasteiger partial charge in [0, 0.05) is 25.5 Å². The number of amides is 1. The molecule has 2 aliphatic rings. The van der Waals surface area contributed by atoms with E-state index < -0.39 is 21.5 Å². The maximum atomic E-state index is 12.5. The first kappa shape index (κ1) is 28.5. The summed E-state index contributed by atoms with van der Waals surface area (Å²) < 4.78 is 41.6. The molecule has 0 saturated carbocycles. The van der Waals surface area contributed by atoms with Crippen molar-refractivity contribution in [2.75, 3.05) is 55.7 Å². The van der Waals surface area contributed by atoms with E-state index in [0.717, 1.165) is 22.4 Å². The fourth-order valence-electron chi connectivity index (χ4n) is 4.74. The van der Waals surface area contributed by atoms with Crippen molar-refractivity contribution >= 4 is 33.0 Å². The van der Waals surface area contributed by atoms with Crippen LogP contribution in [0.2, 0.25) is 0 Å². The van der Waals surface area contributed by atoms with E-state index in [1.807, 2.05) is 63.1 Å². The molecule has 11 heteroatoms. The van der Waals surface area contributed by atoms with E-state index >= 15 is 0 Å². The van der Waals surface area contributed by atoms with Crippen LogP contribution >= 0.6 is 0 Å². The number of anilines is 2. The van der Waals surface area contributed by atoms with Crippen LogP contribution in [0.5, 0.6) is 11.5 Å². The van der Waals surface area contributed by atoms with Gasteiger partial charge in [0.25, 0.3) is 0 Å². The van der Waals surface area contributed by atoms with Gasteiger partial charge in [0.2, 0.25) is 0 Å². The van der Waals surface area contributed by atoms with Crippen molar-refractivity contribution in [1.29, 1.82) is 0 Å². The maximum absolute atomic E-state index is 12.5. The third kappa shape index (κ3) is 6.95. The van der Waals surface area contributed by atoms with E-state index in [2.05, 4.69) is 5.32 Å². The number of pyridine rings is 1. The Morgan fingerprint density at radius 3 is 2.59 bits per heavy atom. The Labute approximate surface area is 230 Å². The van der Waals surface area contributed by atoms with Gasteiger partial charge in [-0.1, -0.05) is 12.1 Å². The topological polar surface area (TPSA) is 110 Å². The molecular weight excluding hydrogens is 520 g/mol. The van der Waals surface area contributed by atoms with Crippen molar-refractivity contribution in [3.8, 4) is 11.5 Å². The lowest BCUT2D eigenvalue weighted by atomic mass is 10.0. The summed E-state index contributed by atoms with van der Waals surface area (Å²) in [6, 6.07) is 7.07. The zero-order valence-electron chi connectivity index (χ0n) is 23.5. The molecule has 1 aromatic carbocycles. The smallest absolute Gasteiger partial charge is 0.410 e. The number of hydrogen-bond donors (Lipinski definition) is 1. The summed E-state index contributed by atoms with van der Waals surface area (Å²) in [7, 11) is -1.75. The number of fused-ring (bicyclic) bond motifs is 1. The molecule has 1 amide bonds. The van der Waals surface area contributed by atoms with Crippen LogP contribution in [-0.2, 0) is 14.6 Å². The highest BCUT2D eigenvalue weighted by molar-refractivity contribution is 7.90. The van der Waals surface area contributed by atoms with Crippen LogP contribution in [-0.4, -0.2) is 75.5 Å². The maximum Gasteiger partial charge on any atom is 0.410 e. The largest absolute Gasteiger partial charge is 0.493 e. The lowest BCUT2D eigenvalue weighted by Crippen LogP contribution is -2.39. The molecule has 0 aliphatic carbocycles. The number of sulfone groups is 1. The van der Waals surface area contributed by atoms with Crippen LogP contribution in [0, 0.1) is 0 Å². The minimum Gasteiger partial charge on any atom is -0.493 e. The van der Waals surface area contributed by atoms with Crippen LogP contribution in [0.15, 0.2) is 36.5 Å². The summed E-state index contributed by atoms with van der Waals surface area (Å²) in [4.78, 5) is 20.8. The Balaban J connectivity index is 1.58. The number of nitrogens with one attached hydrogen (secondary N) is 1. The molecule has 0 saturated heterocycles. The second-order valence-corrected chi connectivity index (χ2v) is 12.9. The van der Waals surface area contributed by atoms with Crippen molar-refractivity contribution < 1.29 is 27.4 Å². The van der Waals surface area contributed by atoms with E-state index in [4.69, 9.17) is 19.2 Å². The first-order chi connectivity index (χ1) is 18.4. The first-order valence-corrected chi connectivity index (χ1v) is 15.1. The number of hydrogen-bond acceptors (Lipinski definition) is 9. The zero-order chi connectivity index (χ0) is 28.4. The SMILES string of the molecule is CCOc1cc([C@H](CS(C)(=O)=O)N2CNc3cc(C4=CCN(C(=O)OC(C)(C)C)CC4)cnc32)ccc1OC. The van der Waals surface area contributed by atoms with Crippen molar-refractivity contribution in [2.45, 2.75) is 45.8 Å². The summed E-state index contributed by atoms with van der Waals surface area (Å²) in [6.45, 7) is 9.36. The summed E-state index contributed by atoms with van der Waals surface area (Å²) in [5, 5.41) is 3.38. The Morgan fingerprint density at radius 1 is 1.21 bits per heavy atom. The van der Waals surface area contributed by atoms with E-state index in [0.29, 0.717) is 50.1 Å². The minimum atomic E-state index is -3.32. The van der Waals surface area contributed by atoms with E-state index in [1.165, 1.54) is 6.26 Å². The van der Waals surface area contributed by atoms with Crippen LogP contribution in [0.25, 0.3) is 5.57 Å². The Bertz CT molecular complexity index is 1350. The molecule has 1 N–H and O–H groups in total. The number of aromatic nitrogens is 1. The summed E-state index contributed by atoms with van der Waals surface area (Å²) in [5.74, 6) is 1.76. The number of nitrogens with zero attached hydrogens (tertiary/aromatic N) is 3. The lowest BCUT2D eigenvalue weighted by molar-refractivity contribution is 0.0270. The first-order valence-electron chi connectivity index (χ1n) is 13.0. The van der Waals surface area contributed by atoms with Gasteiger partial charge in [0.1, 0.15) is 15.4 Å². The van der Waals surface area contributed by atoms with Crippen molar-refractivity contribution in [2.24, 2.45) is 0 Å². The zero-order valence-corrected chi connectivity index (χ0v) is 24.3. The molecule has 4 rings (SSSR count). The van der Waals surface area contributed by atoms with Gasteiger partial charge < -0.3 is 29.3 Å². The summed E-state index contributed by atoms with van der Waals surface area (Å²) in [6.07, 6.45) is 5.45. The van der Waals surface area contributed by atoms with Gasteiger partial charge in [0.15, 0.2) is 17.3 Å². The molecule has 0 spiro atoms. The number of methoxy groups -OCH3 is 1. The number of carbonyl (C=O) groups excluding carboxylic acids is 1. The lowest BCUT2D eigenvalue weighted by Gasteiger charge is -2.30. The third-order valence-corrected chi connectivity index (χ3v) is 7.44. The van der Waals surface area contributed by atoms with Crippen molar-refractivity contribution in [3.63, 3.8) is 0 Å². The van der Waals surface area contributed by atoms with E-state index in [9.17, 15) is 13.2 Å². The van der Waals surface area contributed by atoms with Gasteiger partial charge in [-0.05, 0) is 69.0 Å². The highest BCUT2D eigenvalue weighted by Crippen LogP contribution is 2.40. The van der Waals surface area contributed by atoms with Gasteiger partial charge in [-0.15, -0.1) is 0 Å². The van der Waals surface area contributed by atoms with Gasteiger partial charge in [0.05, 0.1) is 37.9 Å². The molecule has 3 heterocycles. The normalized spacial score (nSPS) is 16.2. The number of ether oxygens (including phenoxy) is 3. The second-order valence-electron chi connectivity index (χ2n) is 10.8. The minimum absolute atomic E-state index is 0.0822. The number of rotatable bonds is 8. The Kier molecular flexibility index (Phi) is 8.29. The number of carbonyl (C=O) groups is 1. The van der Waals surface area contributed by atoms with Crippen molar-refractivity contribution in [1.82, 2.24) is 9.88 Å². The monoisotopic (exact) mass is 558 g/mol. The molecule has 212 valence electrons. The highest BCUT2D eigenvalue weighted by Gasteiger charge is 2.32. The Morgan fingerprint density at radius 2 is 1.97 bits per heavy atom. The predicted molar refractivity (Wildman–Crippen MR) is 152 cm³/mol. The predicted octanol–water partition coefficient (Wildman–Crippen LogP) is 4.49. The molecule has 0 fully saturated rings. The van der Waals surface area contributed by atoms with E-state index in [-0.39, 0.29) is 11.8 Å². The van der Waals surface area contributed by atoms with Gasteiger partial charge in [-0.25, -0.2) is 18.2 Å². The third-order valence-electron chi connectivity index (χ3n) is 6.52. The molecule has 2 aromatic rings. The van der Waals surface area contributed by atoms with Crippen molar-refractivity contribution in [3.05, 3.63) is 47.7 Å². The van der Waals surface area contributed by atoms with Crippen LogP contribution in [0.4, 0.5) is 16.3 Å². The standard InChI is InChI=1S/C28H38N4O6S/c1-7-37-25-15-20(8-9-24(25)36-5)23(17-39(6,34)35)32-18-30-22-14-21(16-29-26(22)32)19-10-12-31(13-11-19)27(33)38-28(2,3)4/h8-10,14-16,23,30H,7,11-13,17-18H2,1-6H3/t23-/m0/s1. The molecule has 0 unspecified atom stereocenters. The molecule has 10 nitrogen and oxygen atoms in total. The average Bonchev–Trinajstić information content (AvgIpc) is 3.29. The molecule has 0 radical (unpaired) electrons. The quantitative estimate of drug-likeness (QED) is 0.501. The van der Waals surface area contributed by atoms with Crippen LogP contribution in [0.1, 0.15) is 51.3 Å². The fraction of sp³-hybridized carbons (Fsp3) is 0.500. The molecular formula is C28H38N4O6S.